The highest BCUT2D eigenvalue weighted by atomic mass is 32.1. The van der Waals surface area contributed by atoms with Gasteiger partial charge < -0.3 is 5.73 Å². The smallest absolute Gasteiger partial charge is 0.234 e. The van der Waals surface area contributed by atoms with Gasteiger partial charge >= 0.3 is 0 Å². The number of nitrogens with two attached hydrogens (primary N) is 1. The minimum Gasteiger partial charge on any atom is -0.390 e. The van der Waals surface area contributed by atoms with Crippen LogP contribution in [-0.4, -0.2) is 19.8 Å². The Balaban J connectivity index is 1.83. The minimum atomic E-state index is 0.534. The first-order valence-corrected chi connectivity index (χ1v) is 7.94. The van der Waals surface area contributed by atoms with Crippen LogP contribution in [0.2, 0.25) is 0 Å². The van der Waals surface area contributed by atoms with Gasteiger partial charge in [0, 0.05) is 16.4 Å². The van der Waals surface area contributed by atoms with E-state index in [1.807, 2.05) is 4.52 Å². The summed E-state index contributed by atoms with van der Waals surface area (Å²) in [6, 6.07) is 2.09. The first-order chi connectivity index (χ1) is 9.22. The lowest BCUT2D eigenvalue weighted by Crippen LogP contribution is -2.12. The quantitative estimate of drug-likeness (QED) is 0.787. The number of anilines is 1. The molecule has 0 aliphatic heterocycles. The van der Waals surface area contributed by atoms with E-state index in [0.29, 0.717) is 5.92 Å². The SMILES string of the molecule is Cc1cc(-c2nn3c(C4CCC4)nnc3s2)c(N)s1. The first-order valence-electron chi connectivity index (χ1n) is 6.31. The molecular formula is C12H13N5S2. The van der Waals surface area contributed by atoms with Crippen LogP contribution in [0.25, 0.3) is 15.5 Å². The van der Waals surface area contributed by atoms with Gasteiger partial charge in [-0.2, -0.15) is 9.61 Å². The highest BCUT2D eigenvalue weighted by Crippen LogP contribution is 2.38. The van der Waals surface area contributed by atoms with Crippen LogP contribution < -0.4 is 5.73 Å². The van der Waals surface area contributed by atoms with Crippen LogP contribution in [0.3, 0.4) is 0 Å². The molecule has 7 heteroatoms. The molecule has 0 spiro atoms. The van der Waals surface area contributed by atoms with Crippen molar-refractivity contribution in [3.63, 3.8) is 0 Å². The van der Waals surface area contributed by atoms with Crippen LogP contribution in [-0.2, 0) is 0 Å². The van der Waals surface area contributed by atoms with E-state index in [1.54, 1.807) is 22.7 Å². The van der Waals surface area contributed by atoms with Gasteiger partial charge in [-0.15, -0.1) is 21.5 Å². The second kappa shape index (κ2) is 4.01. The molecule has 0 aromatic carbocycles. The molecule has 3 aromatic rings. The molecule has 98 valence electrons. The molecule has 1 aliphatic carbocycles. The summed E-state index contributed by atoms with van der Waals surface area (Å²) in [5.41, 5.74) is 7.06. The molecule has 2 N–H and O–H groups in total. The molecule has 1 fully saturated rings. The first kappa shape index (κ1) is 11.4. The highest BCUT2D eigenvalue weighted by molar-refractivity contribution is 7.21. The molecular weight excluding hydrogens is 278 g/mol. The fourth-order valence-electron chi connectivity index (χ4n) is 2.36. The van der Waals surface area contributed by atoms with E-state index in [0.717, 1.165) is 26.4 Å². The average molecular weight is 291 g/mol. The van der Waals surface area contributed by atoms with Crippen molar-refractivity contribution in [3.8, 4) is 10.6 Å². The summed E-state index contributed by atoms with van der Waals surface area (Å²) in [5, 5.41) is 14.9. The van der Waals surface area contributed by atoms with Crippen LogP contribution >= 0.6 is 22.7 Å². The molecule has 0 atom stereocenters. The zero-order chi connectivity index (χ0) is 13.0. The van der Waals surface area contributed by atoms with Gasteiger partial charge in [-0.3, -0.25) is 0 Å². The Kier molecular flexibility index (Phi) is 2.40. The number of nitrogens with zero attached hydrogens (tertiary/aromatic N) is 4. The van der Waals surface area contributed by atoms with Gasteiger partial charge in [0.25, 0.3) is 0 Å². The normalized spacial score (nSPS) is 16.1. The summed E-state index contributed by atoms with van der Waals surface area (Å²) in [6.07, 6.45) is 3.69. The average Bonchev–Trinajstić information content (AvgIpc) is 2.92. The molecule has 0 amide bonds. The number of thiophene rings is 1. The molecule has 4 rings (SSSR count). The maximum Gasteiger partial charge on any atom is 0.234 e. The van der Waals surface area contributed by atoms with E-state index in [1.165, 1.54) is 24.1 Å². The van der Waals surface area contributed by atoms with Crippen LogP contribution in [0.15, 0.2) is 6.07 Å². The minimum absolute atomic E-state index is 0.534. The number of aromatic nitrogens is 4. The maximum atomic E-state index is 6.04. The van der Waals surface area contributed by atoms with Gasteiger partial charge in [0.15, 0.2) is 10.8 Å². The molecule has 1 aliphatic rings. The largest absolute Gasteiger partial charge is 0.390 e. The van der Waals surface area contributed by atoms with Crippen molar-refractivity contribution >= 4 is 32.6 Å². The molecule has 19 heavy (non-hydrogen) atoms. The fraction of sp³-hybridized carbons (Fsp3) is 0.417. The van der Waals surface area contributed by atoms with Crippen LogP contribution in [0.4, 0.5) is 5.00 Å². The number of hydrogen-bond donors (Lipinski definition) is 1. The van der Waals surface area contributed by atoms with E-state index in [-0.39, 0.29) is 0 Å². The predicted octanol–water partition coefficient (Wildman–Crippen LogP) is 3.07. The summed E-state index contributed by atoms with van der Waals surface area (Å²) in [5.74, 6) is 1.54. The molecule has 5 nitrogen and oxygen atoms in total. The van der Waals surface area contributed by atoms with Gasteiger partial charge in [0.05, 0.1) is 5.00 Å². The third-order valence-electron chi connectivity index (χ3n) is 3.60. The predicted molar refractivity (Wildman–Crippen MR) is 77.7 cm³/mol. The Bertz CT molecular complexity index is 749. The molecule has 0 bridgehead atoms. The third kappa shape index (κ3) is 1.68. The van der Waals surface area contributed by atoms with E-state index in [9.17, 15) is 0 Å². The second-order valence-corrected chi connectivity index (χ2v) is 7.17. The Morgan fingerprint density at radius 2 is 2.16 bits per heavy atom. The maximum absolute atomic E-state index is 6.04. The van der Waals surface area contributed by atoms with Crippen molar-refractivity contribution in [1.29, 1.82) is 0 Å². The van der Waals surface area contributed by atoms with E-state index >= 15 is 0 Å². The lowest BCUT2D eigenvalue weighted by Gasteiger charge is -2.22. The molecule has 0 radical (unpaired) electrons. The Labute approximate surface area is 118 Å². The third-order valence-corrected chi connectivity index (χ3v) is 5.41. The number of fused-ring (bicyclic) bond motifs is 1. The zero-order valence-electron chi connectivity index (χ0n) is 10.5. The Morgan fingerprint density at radius 1 is 1.32 bits per heavy atom. The van der Waals surface area contributed by atoms with Gasteiger partial charge in [0.2, 0.25) is 4.96 Å². The lowest BCUT2D eigenvalue weighted by molar-refractivity contribution is 0.395. The zero-order valence-corrected chi connectivity index (χ0v) is 12.1. The van der Waals surface area contributed by atoms with Crippen LogP contribution in [0.5, 0.6) is 0 Å². The van der Waals surface area contributed by atoms with Crippen molar-refractivity contribution in [2.45, 2.75) is 32.1 Å². The van der Waals surface area contributed by atoms with Crippen LogP contribution in [0, 0.1) is 6.92 Å². The number of hydrogen-bond acceptors (Lipinski definition) is 6. The second-order valence-electron chi connectivity index (χ2n) is 4.92. The summed E-state index contributed by atoms with van der Waals surface area (Å²) in [6.45, 7) is 2.06. The molecule has 3 heterocycles. The summed E-state index contributed by atoms with van der Waals surface area (Å²) in [4.78, 5) is 2.07. The highest BCUT2D eigenvalue weighted by Gasteiger charge is 2.26. The molecule has 0 saturated heterocycles. The van der Waals surface area contributed by atoms with Crippen molar-refractivity contribution in [3.05, 3.63) is 16.8 Å². The van der Waals surface area contributed by atoms with E-state index in [4.69, 9.17) is 5.73 Å². The van der Waals surface area contributed by atoms with Gasteiger partial charge in [-0.05, 0) is 25.8 Å². The van der Waals surface area contributed by atoms with Gasteiger partial charge in [0.1, 0.15) is 0 Å². The monoisotopic (exact) mass is 291 g/mol. The van der Waals surface area contributed by atoms with E-state index < -0.39 is 0 Å². The number of aryl methyl sites for hydroxylation is 1. The number of rotatable bonds is 2. The number of nitrogen functional groups attached to an aromatic ring is 1. The van der Waals surface area contributed by atoms with Crippen molar-refractivity contribution in [1.82, 2.24) is 19.8 Å². The lowest BCUT2D eigenvalue weighted by atomic mass is 9.85. The fourth-order valence-corrected chi connectivity index (χ4v) is 4.09. The van der Waals surface area contributed by atoms with Crippen LogP contribution in [0.1, 0.15) is 35.9 Å². The van der Waals surface area contributed by atoms with Crippen molar-refractivity contribution in [2.75, 3.05) is 5.73 Å². The van der Waals surface area contributed by atoms with Crippen molar-refractivity contribution < 1.29 is 0 Å². The standard InChI is InChI=1S/C12H13N5S2/c1-6-5-8(9(13)18-6)11-16-17-10(7-3-2-4-7)14-15-12(17)19-11/h5,7H,2-4,13H2,1H3. The topological polar surface area (TPSA) is 69.1 Å². The van der Waals surface area contributed by atoms with Crippen molar-refractivity contribution in [2.24, 2.45) is 0 Å². The molecule has 3 aromatic heterocycles. The Morgan fingerprint density at radius 3 is 2.79 bits per heavy atom. The Hall–Kier alpha value is -1.47. The van der Waals surface area contributed by atoms with Gasteiger partial charge in [-0.1, -0.05) is 17.8 Å². The summed E-state index contributed by atoms with van der Waals surface area (Å²) >= 11 is 3.16. The summed E-state index contributed by atoms with van der Waals surface area (Å²) in [7, 11) is 0. The molecule has 0 unspecified atom stereocenters. The summed E-state index contributed by atoms with van der Waals surface area (Å²) < 4.78 is 1.90. The van der Waals surface area contributed by atoms with Gasteiger partial charge in [-0.25, -0.2) is 0 Å². The van der Waals surface area contributed by atoms with E-state index in [2.05, 4.69) is 28.3 Å². The molecule has 1 saturated carbocycles.